The number of allylic oxidation sites excluding steroid dienone is 4. The van der Waals surface area contributed by atoms with E-state index >= 15 is 0 Å². The quantitative estimate of drug-likeness (QED) is 0.427. The molecule has 49 valence electrons. The van der Waals surface area contributed by atoms with Gasteiger partial charge < -0.3 is 0 Å². The van der Waals surface area contributed by atoms with Gasteiger partial charge >= 0.3 is 0 Å². The average Bonchev–Trinajstić information content (AvgIpc) is 2.37. The van der Waals surface area contributed by atoms with Crippen LogP contribution in [0.5, 0.6) is 0 Å². The molecule has 0 aromatic heterocycles. The third-order valence-corrected chi connectivity index (χ3v) is 4.65. The number of hydrogen-bond donors (Lipinski definition) is 0. The molecule has 0 N–H and O–H groups in total. The highest BCUT2D eigenvalue weighted by Crippen LogP contribution is 2.18. The third-order valence-electron chi connectivity index (χ3n) is 1.43. The summed E-state index contributed by atoms with van der Waals surface area (Å²) in [7, 11) is -0.636. The van der Waals surface area contributed by atoms with Gasteiger partial charge in [0.05, 0.1) is 0 Å². The lowest BCUT2D eigenvalue weighted by Gasteiger charge is -2.02. The Kier molecular flexibility index (Phi) is 2.55. The van der Waals surface area contributed by atoms with Crippen LogP contribution in [-0.2, 0) is 0 Å². The lowest BCUT2D eigenvalue weighted by atomic mass is 10.5. The number of rotatable bonds is 2. The highest BCUT2D eigenvalue weighted by molar-refractivity contribution is 7.11. The molecule has 0 atom stereocenters. The molecule has 0 aromatic rings. The van der Waals surface area contributed by atoms with Crippen LogP contribution in [0.3, 0.4) is 0 Å². The zero-order valence-corrected chi connectivity index (χ0v) is 7.28. The monoisotopic (exact) mass is 157 g/mol. The fraction of sp³-hybridized carbons (Fsp3) is 0.429. The minimum absolute atomic E-state index is 0.636. The number of halogens is 1. The van der Waals surface area contributed by atoms with Gasteiger partial charge in [-0.3, -0.25) is 0 Å². The Labute approximate surface area is 62.5 Å². The Hall–Kier alpha value is -0.0131. The summed E-state index contributed by atoms with van der Waals surface area (Å²) in [5.41, 5.74) is 0. The minimum Gasteiger partial charge on any atom is -0.163 e. The van der Waals surface area contributed by atoms with E-state index in [4.69, 9.17) is 11.1 Å². The van der Waals surface area contributed by atoms with Crippen molar-refractivity contribution in [3.63, 3.8) is 0 Å². The van der Waals surface area contributed by atoms with Gasteiger partial charge in [-0.2, -0.15) is 11.1 Å². The molecule has 1 radical (unpaired) electrons. The Bertz CT molecular complexity index is 149. The highest BCUT2D eigenvalue weighted by Gasteiger charge is 2.11. The Balaban J connectivity index is 2.45. The fourth-order valence-electron chi connectivity index (χ4n) is 0.875. The van der Waals surface area contributed by atoms with Gasteiger partial charge in [0.15, 0.2) is 8.11 Å². The topological polar surface area (TPSA) is 0 Å². The van der Waals surface area contributed by atoms with Gasteiger partial charge in [-0.25, -0.2) is 0 Å². The van der Waals surface area contributed by atoms with Crippen molar-refractivity contribution in [2.45, 2.75) is 19.4 Å². The molecular formula is C7H10ClSi. The molecule has 0 bridgehead atoms. The van der Waals surface area contributed by atoms with Crippen LogP contribution in [-0.4, -0.2) is 8.11 Å². The zero-order chi connectivity index (χ0) is 6.69. The van der Waals surface area contributed by atoms with Gasteiger partial charge in [0.25, 0.3) is 0 Å². The van der Waals surface area contributed by atoms with E-state index < -0.39 is 8.11 Å². The molecule has 2 heteroatoms. The van der Waals surface area contributed by atoms with Gasteiger partial charge in [-0.05, 0) is 12.5 Å². The SMILES string of the molecule is CC[Si](Cl)C1=CC=CC1. The summed E-state index contributed by atoms with van der Waals surface area (Å²) in [6.07, 6.45) is 7.52. The van der Waals surface area contributed by atoms with Crippen LogP contribution in [0.15, 0.2) is 23.4 Å². The summed E-state index contributed by atoms with van der Waals surface area (Å²) >= 11 is 6.07. The predicted octanol–water partition coefficient (Wildman–Crippen LogP) is 2.66. The molecule has 0 aliphatic heterocycles. The molecule has 1 aliphatic carbocycles. The maximum Gasteiger partial charge on any atom is 0.195 e. The van der Waals surface area contributed by atoms with Gasteiger partial charge in [0.2, 0.25) is 0 Å². The molecule has 0 spiro atoms. The zero-order valence-electron chi connectivity index (χ0n) is 5.52. The van der Waals surface area contributed by atoms with E-state index in [1.54, 1.807) is 0 Å². The number of hydrogen-bond acceptors (Lipinski definition) is 0. The van der Waals surface area contributed by atoms with Crippen molar-refractivity contribution in [1.29, 1.82) is 0 Å². The van der Waals surface area contributed by atoms with E-state index in [-0.39, 0.29) is 0 Å². The Morgan fingerprint density at radius 3 is 3.00 bits per heavy atom. The standard InChI is InChI=1S/C7H10ClSi/c1-2-9(8)7-5-3-4-6-7/h3-5H,2,6H2,1H3. The predicted molar refractivity (Wildman–Crippen MR) is 43.9 cm³/mol. The molecule has 0 nitrogen and oxygen atoms in total. The first-order valence-corrected chi connectivity index (χ1v) is 5.94. The second-order valence-electron chi connectivity index (χ2n) is 2.08. The van der Waals surface area contributed by atoms with Gasteiger partial charge in [-0.1, -0.05) is 30.3 Å². The van der Waals surface area contributed by atoms with Crippen molar-refractivity contribution in [2.75, 3.05) is 0 Å². The normalized spacial score (nSPS) is 17.0. The maximum atomic E-state index is 6.07. The molecule has 0 unspecified atom stereocenters. The summed E-state index contributed by atoms with van der Waals surface area (Å²) in [4.78, 5) is 0. The van der Waals surface area contributed by atoms with Crippen molar-refractivity contribution in [1.82, 2.24) is 0 Å². The maximum absolute atomic E-state index is 6.07. The molecule has 0 saturated carbocycles. The van der Waals surface area contributed by atoms with Gasteiger partial charge in [-0.15, -0.1) is 0 Å². The van der Waals surface area contributed by atoms with E-state index in [1.165, 1.54) is 5.20 Å². The van der Waals surface area contributed by atoms with Crippen LogP contribution in [0.1, 0.15) is 13.3 Å². The molecule has 1 aliphatic rings. The minimum atomic E-state index is -0.636. The van der Waals surface area contributed by atoms with Crippen molar-refractivity contribution in [3.8, 4) is 0 Å². The van der Waals surface area contributed by atoms with Gasteiger partial charge in [0.1, 0.15) is 0 Å². The molecule has 1 rings (SSSR count). The van der Waals surface area contributed by atoms with E-state index in [0.717, 1.165) is 12.5 Å². The Morgan fingerprint density at radius 1 is 1.78 bits per heavy atom. The molecule has 0 fully saturated rings. The second-order valence-corrected chi connectivity index (χ2v) is 5.61. The summed E-state index contributed by atoms with van der Waals surface area (Å²) in [5, 5.41) is 1.46. The average molecular weight is 158 g/mol. The first-order valence-electron chi connectivity index (χ1n) is 3.22. The van der Waals surface area contributed by atoms with Crippen LogP contribution in [0, 0.1) is 0 Å². The molecule has 0 saturated heterocycles. The molecule has 0 aromatic carbocycles. The highest BCUT2D eigenvalue weighted by atomic mass is 35.6. The van der Waals surface area contributed by atoms with E-state index in [1.807, 2.05) is 0 Å². The van der Waals surface area contributed by atoms with Crippen molar-refractivity contribution < 1.29 is 0 Å². The molecular weight excluding hydrogens is 148 g/mol. The first-order chi connectivity index (χ1) is 4.34. The lowest BCUT2D eigenvalue weighted by Crippen LogP contribution is -2.03. The van der Waals surface area contributed by atoms with Crippen molar-refractivity contribution in [3.05, 3.63) is 23.4 Å². The van der Waals surface area contributed by atoms with Crippen LogP contribution < -0.4 is 0 Å². The molecule has 9 heavy (non-hydrogen) atoms. The Morgan fingerprint density at radius 2 is 2.56 bits per heavy atom. The van der Waals surface area contributed by atoms with Crippen molar-refractivity contribution in [2.24, 2.45) is 0 Å². The van der Waals surface area contributed by atoms with Gasteiger partial charge in [0, 0.05) is 0 Å². The summed E-state index contributed by atoms with van der Waals surface area (Å²) in [5.74, 6) is 0. The second kappa shape index (κ2) is 3.23. The summed E-state index contributed by atoms with van der Waals surface area (Å²) in [6, 6.07) is 1.14. The molecule has 0 heterocycles. The lowest BCUT2D eigenvalue weighted by molar-refractivity contribution is 1.35. The van der Waals surface area contributed by atoms with E-state index in [9.17, 15) is 0 Å². The van der Waals surface area contributed by atoms with Crippen LogP contribution in [0.25, 0.3) is 0 Å². The van der Waals surface area contributed by atoms with E-state index in [0.29, 0.717) is 0 Å². The summed E-state index contributed by atoms with van der Waals surface area (Å²) < 4.78 is 0. The third kappa shape index (κ3) is 1.70. The van der Waals surface area contributed by atoms with Crippen molar-refractivity contribution >= 4 is 19.2 Å². The smallest absolute Gasteiger partial charge is 0.163 e. The fourth-order valence-corrected chi connectivity index (χ4v) is 2.37. The van der Waals surface area contributed by atoms with Crippen LogP contribution >= 0.6 is 11.1 Å². The van der Waals surface area contributed by atoms with Crippen LogP contribution in [0.4, 0.5) is 0 Å². The summed E-state index contributed by atoms with van der Waals surface area (Å²) in [6.45, 7) is 2.15. The van der Waals surface area contributed by atoms with E-state index in [2.05, 4.69) is 25.2 Å². The largest absolute Gasteiger partial charge is 0.195 e. The first kappa shape index (κ1) is 7.10. The molecule has 0 amide bonds. The van der Waals surface area contributed by atoms with Crippen LogP contribution in [0.2, 0.25) is 6.04 Å².